The van der Waals surface area contributed by atoms with Crippen molar-refractivity contribution in [1.82, 2.24) is 0 Å². The van der Waals surface area contributed by atoms with Crippen LogP contribution in [0, 0.1) is 0 Å². The van der Waals surface area contributed by atoms with Crippen LogP contribution in [0.25, 0.3) is 21.5 Å². The van der Waals surface area contributed by atoms with Gasteiger partial charge in [0, 0.05) is 70.1 Å². The maximum Gasteiger partial charge on any atom is 0.210 e. The van der Waals surface area contributed by atoms with Gasteiger partial charge in [0.05, 0.1) is 25.7 Å². The number of benzene rings is 4. The van der Waals surface area contributed by atoms with Crippen molar-refractivity contribution in [1.29, 1.82) is 0 Å². The molecule has 12 heteroatoms. The lowest BCUT2D eigenvalue weighted by Crippen LogP contribution is -2.35. The minimum atomic E-state index is -4.46. The molecule has 10 nitrogen and oxygen atoms in total. The summed E-state index contributed by atoms with van der Waals surface area (Å²) in [6.45, 7) is 8.37. The molecule has 0 atom stereocenters. The van der Waals surface area contributed by atoms with Crippen LogP contribution < -0.4 is 10.0 Å². The predicted octanol–water partition coefficient (Wildman–Crippen LogP) is 5.05. The van der Waals surface area contributed by atoms with Gasteiger partial charge >= 0.3 is 0 Å². The fourth-order valence-electron chi connectivity index (χ4n) is 8.24. The first-order valence-electron chi connectivity index (χ1n) is 17.1. The zero-order valence-electron chi connectivity index (χ0n) is 29.3. The van der Waals surface area contributed by atoms with Crippen molar-refractivity contribution in [3.8, 4) is 0 Å². The summed E-state index contributed by atoms with van der Waals surface area (Å²) in [6.07, 6.45) is 3.32. The largest absolute Gasteiger partial charge is 0.871 e. The molecule has 0 fully saturated rings. The molecule has 270 valence electrons. The van der Waals surface area contributed by atoms with Gasteiger partial charge in [0.2, 0.25) is 5.69 Å². The van der Waals surface area contributed by atoms with Crippen LogP contribution >= 0.6 is 0 Å². The Bertz CT molecular complexity index is 2560. The normalized spacial score (nSPS) is 19.7. The Labute approximate surface area is 303 Å². The maximum atomic E-state index is 14.0. The van der Waals surface area contributed by atoms with Crippen molar-refractivity contribution >= 4 is 64.7 Å². The van der Waals surface area contributed by atoms with Gasteiger partial charge in [0.25, 0.3) is 0 Å². The molecule has 7 rings (SSSR count). The molecule has 0 radical (unpaired) electrons. The lowest BCUT2D eigenvalue weighted by molar-refractivity contribution is -0.437. The van der Waals surface area contributed by atoms with Gasteiger partial charge in [0.15, 0.2) is 11.5 Å². The van der Waals surface area contributed by atoms with Crippen LogP contribution in [0.4, 0.5) is 11.4 Å². The molecule has 3 aliphatic rings. The van der Waals surface area contributed by atoms with Gasteiger partial charge in [-0.3, -0.25) is 4.79 Å². The van der Waals surface area contributed by atoms with Crippen LogP contribution in [0.15, 0.2) is 108 Å². The van der Waals surface area contributed by atoms with E-state index in [1.807, 2.05) is 110 Å². The van der Waals surface area contributed by atoms with E-state index in [9.17, 15) is 35.8 Å². The monoisotopic (exact) mass is 738 g/mol. The summed E-state index contributed by atoms with van der Waals surface area (Å²) in [4.78, 5) is 15.9. The van der Waals surface area contributed by atoms with E-state index in [0.717, 1.165) is 44.0 Å². The van der Waals surface area contributed by atoms with Crippen molar-refractivity contribution < 1.29 is 40.4 Å². The first-order chi connectivity index (χ1) is 24.4. The number of allylic oxidation sites excluding steroid dienone is 5. The molecule has 52 heavy (non-hydrogen) atoms. The molecule has 4 aromatic rings. The van der Waals surface area contributed by atoms with Gasteiger partial charge < -0.3 is 19.1 Å². The van der Waals surface area contributed by atoms with Crippen LogP contribution in [0.2, 0.25) is 0 Å². The highest BCUT2D eigenvalue weighted by Gasteiger charge is 2.47. The van der Waals surface area contributed by atoms with E-state index in [2.05, 4.69) is 0 Å². The van der Waals surface area contributed by atoms with Crippen molar-refractivity contribution in [2.75, 3.05) is 29.5 Å². The second kappa shape index (κ2) is 12.5. The predicted molar refractivity (Wildman–Crippen MR) is 198 cm³/mol. The van der Waals surface area contributed by atoms with E-state index < -0.39 is 54.1 Å². The molecular weight excluding hydrogens is 701 g/mol. The van der Waals surface area contributed by atoms with Crippen molar-refractivity contribution in [2.24, 2.45) is 0 Å². The molecule has 0 spiro atoms. The second-order valence-corrected chi connectivity index (χ2v) is 17.7. The van der Waals surface area contributed by atoms with Crippen LogP contribution in [0.1, 0.15) is 51.7 Å². The topological polar surface area (TPSA) is 161 Å². The van der Waals surface area contributed by atoms with Crippen LogP contribution in [0.5, 0.6) is 0 Å². The molecule has 1 aliphatic carbocycles. The summed E-state index contributed by atoms with van der Waals surface area (Å²) < 4.78 is 70.9. The first kappa shape index (κ1) is 35.8. The second-order valence-electron chi connectivity index (χ2n) is 14.7. The fraction of sp³-hybridized carbons (Fsp3) is 0.300. The van der Waals surface area contributed by atoms with Gasteiger partial charge in [-0.05, 0) is 65.6 Å². The Kier molecular flexibility index (Phi) is 8.60. The Morgan fingerprint density at radius 2 is 1.31 bits per heavy atom. The van der Waals surface area contributed by atoms with E-state index in [1.165, 1.54) is 0 Å². The third kappa shape index (κ3) is 6.07. The molecule has 0 N–H and O–H groups in total. The fourth-order valence-corrected chi connectivity index (χ4v) is 9.21. The molecule has 0 saturated carbocycles. The SMILES string of the molecule is CC1(C)C(=CC2=C([O-])C(=CC3=[N+](CCCS(=O)(=O)[O-])c4ccc5ccccc5c4C3(C)C)C2=O)N(CCCS(=O)(=O)[O-])c2ccc3ccccc3c21. The molecule has 0 amide bonds. The highest BCUT2D eigenvalue weighted by atomic mass is 32.2. The average molecular weight is 739 g/mol. The Balaban J connectivity index is 1.33. The summed E-state index contributed by atoms with van der Waals surface area (Å²) in [5, 5.41) is 18.0. The number of Topliss-reactive ketones (excluding diaryl/α,β-unsaturated/α-hetero) is 1. The Morgan fingerprint density at radius 1 is 0.731 bits per heavy atom. The first-order valence-corrected chi connectivity index (χ1v) is 20.3. The molecule has 0 saturated heterocycles. The zero-order valence-corrected chi connectivity index (χ0v) is 30.9. The van der Waals surface area contributed by atoms with Crippen LogP contribution in [-0.2, 0) is 35.9 Å². The number of carbonyl (C=O) groups excluding carboxylic acids is 1. The maximum absolute atomic E-state index is 14.0. The van der Waals surface area contributed by atoms with E-state index in [0.29, 0.717) is 11.4 Å². The number of carbonyl (C=O) groups is 1. The quantitative estimate of drug-likeness (QED) is 0.123. The van der Waals surface area contributed by atoms with E-state index >= 15 is 0 Å². The minimum absolute atomic E-state index is 0.00347. The lowest BCUT2D eigenvalue weighted by atomic mass is 9.76. The van der Waals surface area contributed by atoms with E-state index in [4.69, 9.17) is 0 Å². The average Bonchev–Trinajstić information content (AvgIpc) is 3.43. The summed E-state index contributed by atoms with van der Waals surface area (Å²) in [7, 11) is -8.91. The standard InChI is InChI=1S/C40H40N2O8S2/c1-39(2)33(41(19-9-21-51(45,46)47)31-17-15-25-11-5-7-13-27(25)35(31)39)23-29-37(43)30(38(29)44)24-34-40(3,4)36-28-14-8-6-12-26(28)16-18-32(36)42(34)20-10-22-52(48,49)50/h5-8,11-18,23-24H,9-10,19-22H2,1-4H3,(H2-,43,44,45,46,47,48,49,50)/p-2. The third-order valence-corrected chi connectivity index (χ3v) is 12.2. The summed E-state index contributed by atoms with van der Waals surface area (Å²) in [6, 6.07) is 23.6. The van der Waals surface area contributed by atoms with Gasteiger partial charge in [-0.1, -0.05) is 74.2 Å². The summed E-state index contributed by atoms with van der Waals surface area (Å²) in [5.74, 6) is -1.99. The van der Waals surface area contributed by atoms with Crippen LogP contribution in [0.3, 0.4) is 0 Å². The highest BCUT2D eigenvalue weighted by Crippen LogP contribution is 2.52. The molecule has 0 unspecified atom stereocenters. The minimum Gasteiger partial charge on any atom is -0.871 e. The molecule has 2 heterocycles. The van der Waals surface area contributed by atoms with Crippen molar-refractivity contribution in [2.45, 2.75) is 51.4 Å². The Hall–Kier alpha value is -4.62. The summed E-state index contributed by atoms with van der Waals surface area (Å²) >= 11 is 0. The number of nitrogens with zero attached hydrogens (tertiary/aromatic N) is 2. The molecule has 0 bridgehead atoms. The molecule has 2 aliphatic heterocycles. The number of ketones is 1. The number of hydrogen-bond donors (Lipinski definition) is 0. The lowest BCUT2D eigenvalue weighted by Gasteiger charge is -2.33. The molecule has 0 aromatic heterocycles. The van der Waals surface area contributed by atoms with Crippen molar-refractivity contribution in [3.63, 3.8) is 0 Å². The molecular formula is C40H38N2O8S2-2. The van der Waals surface area contributed by atoms with Gasteiger partial charge in [-0.25, -0.2) is 16.8 Å². The smallest absolute Gasteiger partial charge is 0.210 e. The number of hydrogen-bond acceptors (Lipinski definition) is 9. The zero-order chi connectivity index (χ0) is 37.4. The van der Waals surface area contributed by atoms with Crippen LogP contribution in [-0.4, -0.2) is 66.6 Å². The number of anilines is 1. The summed E-state index contributed by atoms with van der Waals surface area (Å²) in [5.41, 5.74) is 3.48. The third-order valence-electron chi connectivity index (χ3n) is 10.6. The van der Waals surface area contributed by atoms with E-state index in [-0.39, 0.29) is 37.1 Å². The number of fused-ring (bicyclic) bond motifs is 6. The van der Waals surface area contributed by atoms with E-state index in [1.54, 1.807) is 12.2 Å². The van der Waals surface area contributed by atoms with Gasteiger partial charge in [-0.2, -0.15) is 4.58 Å². The highest BCUT2D eigenvalue weighted by molar-refractivity contribution is 7.85. The van der Waals surface area contributed by atoms with Gasteiger partial charge in [0.1, 0.15) is 6.54 Å². The number of rotatable bonds is 10. The van der Waals surface area contributed by atoms with Gasteiger partial charge in [-0.15, -0.1) is 0 Å². The Morgan fingerprint density at radius 3 is 1.92 bits per heavy atom. The van der Waals surface area contributed by atoms with Crippen molar-refractivity contribution in [3.05, 3.63) is 119 Å². The molecule has 4 aromatic carbocycles.